The molecular weight excluding hydrogens is 366 g/mol. The number of carbonyl (C=O) groups excluding carboxylic acids is 1. The van der Waals surface area contributed by atoms with E-state index in [0.29, 0.717) is 28.7 Å². The van der Waals surface area contributed by atoms with Crippen LogP contribution in [0.4, 0.5) is 0 Å². The third-order valence-corrected chi connectivity index (χ3v) is 6.74. The summed E-state index contributed by atoms with van der Waals surface area (Å²) < 4.78 is 33.1. The second-order valence-corrected chi connectivity index (χ2v) is 8.98. The Morgan fingerprint density at radius 1 is 1.28 bits per heavy atom. The highest BCUT2D eigenvalue weighted by Crippen LogP contribution is 2.34. The Kier molecular flexibility index (Phi) is 4.70. The summed E-state index contributed by atoms with van der Waals surface area (Å²) in [6.07, 6.45) is 0.390. The first-order valence-electron chi connectivity index (χ1n) is 7.55. The van der Waals surface area contributed by atoms with E-state index in [-0.39, 0.29) is 21.1 Å². The van der Waals surface area contributed by atoms with Crippen LogP contribution < -0.4 is 19.5 Å². The molecule has 1 amide bonds. The second-order valence-electron chi connectivity index (χ2n) is 5.74. The Morgan fingerprint density at radius 2 is 2.04 bits per heavy atom. The van der Waals surface area contributed by atoms with E-state index in [1.165, 1.54) is 14.2 Å². The Balaban J connectivity index is 1.96. The number of benzene rings is 1. The van der Waals surface area contributed by atoms with Gasteiger partial charge in [-0.3, -0.25) is 9.59 Å². The molecule has 1 aliphatic heterocycles. The number of fused-ring (bicyclic) bond motifs is 1. The topological polar surface area (TPSA) is 98.8 Å². The van der Waals surface area contributed by atoms with Gasteiger partial charge < -0.3 is 14.8 Å². The molecule has 1 aromatic carbocycles. The molecule has 1 aromatic heterocycles. The summed E-state index contributed by atoms with van der Waals surface area (Å²) in [6.45, 7) is 0. The number of hydrogen-bond acceptors (Lipinski definition) is 7. The molecule has 0 radical (unpaired) electrons. The van der Waals surface area contributed by atoms with E-state index in [1.807, 2.05) is 0 Å². The van der Waals surface area contributed by atoms with Crippen LogP contribution >= 0.6 is 11.3 Å². The molecule has 0 aliphatic carbocycles. The molecule has 1 saturated heterocycles. The van der Waals surface area contributed by atoms with Crippen LogP contribution in [-0.4, -0.2) is 46.1 Å². The van der Waals surface area contributed by atoms with Gasteiger partial charge >= 0.3 is 0 Å². The fourth-order valence-electron chi connectivity index (χ4n) is 2.87. The van der Waals surface area contributed by atoms with Crippen molar-refractivity contribution < 1.29 is 22.7 Å². The number of sulfone groups is 1. The first-order chi connectivity index (χ1) is 11.8. The maximum atomic E-state index is 12.5. The first kappa shape index (κ1) is 17.7. The van der Waals surface area contributed by atoms with Crippen molar-refractivity contribution in [1.29, 1.82) is 0 Å². The SMILES string of the molecule is COc1ccc2cc(C(=O)NC3CCS(=O)(=O)C3)sc(=O)c2c1OC. The molecular formula is C16H17NO6S2. The number of nitrogens with one attached hydrogen (secondary N) is 1. The Labute approximate surface area is 148 Å². The molecule has 1 unspecified atom stereocenters. The fourth-order valence-corrected chi connectivity index (χ4v) is 5.40. The van der Waals surface area contributed by atoms with E-state index in [4.69, 9.17) is 9.47 Å². The molecule has 0 bridgehead atoms. The first-order valence-corrected chi connectivity index (χ1v) is 10.2. The molecule has 1 fully saturated rings. The van der Waals surface area contributed by atoms with Crippen LogP contribution in [0.15, 0.2) is 23.0 Å². The van der Waals surface area contributed by atoms with Crippen LogP contribution in [0.25, 0.3) is 10.8 Å². The smallest absolute Gasteiger partial charge is 0.261 e. The molecule has 1 atom stereocenters. The maximum absolute atomic E-state index is 12.5. The number of rotatable bonds is 4. The zero-order chi connectivity index (χ0) is 18.2. The summed E-state index contributed by atoms with van der Waals surface area (Å²) in [4.78, 5) is 25.1. The second kappa shape index (κ2) is 6.64. The van der Waals surface area contributed by atoms with Crippen LogP contribution in [-0.2, 0) is 9.84 Å². The highest BCUT2D eigenvalue weighted by Gasteiger charge is 2.29. The van der Waals surface area contributed by atoms with E-state index in [1.54, 1.807) is 18.2 Å². The molecule has 3 rings (SSSR count). The lowest BCUT2D eigenvalue weighted by atomic mass is 10.1. The molecule has 1 N–H and O–H groups in total. The zero-order valence-electron chi connectivity index (χ0n) is 13.7. The maximum Gasteiger partial charge on any atom is 0.261 e. The van der Waals surface area contributed by atoms with Crippen molar-refractivity contribution in [1.82, 2.24) is 5.32 Å². The van der Waals surface area contributed by atoms with E-state index >= 15 is 0 Å². The molecule has 0 saturated carbocycles. The molecule has 2 aromatic rings. The standard InChI is InChI=1S/C16H17NO6S2/c1-22-11-4-3-9-7-12(24-16(19)13(9)14(11)23-2)15(18)17-10-5-6-25(20,21)8-10/h3-4,7,10H,5-6,8H2,1-2H3,(H,17,18). The van der Waals surface area contributed by atoms with Crippen molar-refractivity contribution >= 4 is 37.9 Å². The summed E-state index contributed by atoms with van der Waals surface area (Å²) in [5.41, 5.74) is 0. The van der Waals surface area contributed by atoms with E-state index in [2.05, 4.69) is 5.32 Å². The predicted molar refractivity (Wildman–Crippen MR) is 95.7 cm³/mol. The van der Waals surface area contributed by atoms with Gasteiger partial charge in [0.1, 0.15) is 0 Å². The molecule has 2 heterocycles. The highest BCUT2D eigenvalue weighted by molar-refractivity contribution is 7.91. The lowest BCUT2D eigenvalue weighted by molar-refractivity contribution is 0.0945. The summed E-state index contributed by atoms with van der Waals surface area (Å²) in [7, 11) is -0.158. The van der Waals surface area contributed by atoms with Crippen molar-refractivity contribution in [3.63, 3.8) is 0 Å². The fraction of sp³-hybridized carbons (Fsp3) is 0.375. The van der Waals surface area contributed by atoms with Gasteiger partial charge in [0.25, 0.3) is 5.91 Å². The van der Waals surface area contributed by atoms with Gasteiger partial charge in [-0.25, -0.2) is 8.42 Å². The van der Waals surface area contributed by atoms with Crippen molar-refractivity contribution in [2.45, 2.75) is 12.5 Å². The van der Waals surface area contributed by atoms with Crippen LogP contribution in [0.2, 0.25) is 0 Å². The summed E-state index contributed by atoms with van der Waals surface area (Å²) in [5, 5.41) is 3.61. The largest absolute Gasteiger partial charge is 0.493 e. The van der Waals surface area contributed by atoms with Gasteiger partial charge in [0, 0.05) is 6.04 Å². The molecule has 0 spiro atoms. The van der Waals surface area contributed by atoms with Crippen molar-refractivity contribution in [2.24, 2.45) is 0 Å². The van der Waals surface area contributed by atoms with E-state index in [0.717, 1.165) is 11.3 Å². The third kappa shape index (κ3) is 3.47. The predicted octanol–water partition coefficient (Wildman–Crippen LogP) is 1.20. The molecule has 25 heavy (non-hydrogen) atoms. The van der Waals surface area contributed by atoms with Gasteiger partial charge in [-0.15, -0.1) is 0 Å². The quantitative estimate of drug-likeness (QED) is 0.852. The number of amides is 1. The number of carbonyl (C=O) groups is 1. The van der Waals surface area contributed by atoms with Crippen molar-refractivity contribution in [2.75, 3.05) is 25.7 Å². The zero-order valence-corrected chi connectivity index (χ0v) is 15.3. The minimum atomic E-state index is -3.09. The number of methoxy groups -OCH3 is 2. The molecule has 7 nitrogen and oxygen atoms in total. The summed E-state index contributed by atoms with van der Waals surface area (Å²) in [5.74, 6) is 0.332. The van der Waals surface area contributed by atoms with Gasteiger partial charge in [0.05, 0.1) is 36.0 Å². The van der Waals surface area contributed by atoms with E-state index in [9.17, 15) is 18.0 Å². The molecule has 134 valence electrons. The Bertz CT molecular complexity index is 996. The van der Waals surface area contributed by atoms with Crippen LogP contribution in [0.1, 0.15) is 16.1 Å². The Morgan fingerprint density at radius 3 is 2.64 bits per heavy atom. The minimum absolute atomic E-state index is 0.0633. The van der Waals surface area contributed by atoms with Crippen LogP contribution in [0, 0.1) is 0 Å². The van der Waals surface area contributed by atoms with Crippen LogP contribution in [0.5, 0.6) is 11.5 Å². The molecule has 9 heteroatoms. The van der Waals surface area contributed by atoms with Gasteiger partial charge in [-0.2, -0.15) is 0 Å². The highest BCUT2D eigenvalue weighted by atomic mass is 32.2. The minimum Gasteiger partial charge on any atom is -0.493 e. The monoisotopic (exact) mass is 383 g/mol. The lowest BCUT2D eigenvalue weighted by Crippen LogP contribution is -2.35. The number of hydrogen-bond donors (Lipinski definition) is 1. The Hall–Kier alpha value is -2.13. The van der Waals surface area contributed by atoms with Crippen LogP contribution in [0.3, 0.4) is 0 Å². The lowest BCUT2D eigenvalue weighted by Gasteiger charge is -2.12. The number of ether oxygens (including phenoxy) is 2. The van der Waals surface area contributed by atoms with Crippen molar-refractivity contribution in [3.8, 4) is 11.5 Å². The van der Waals surface area contributed by atoms with Gasteiger partial charge in [-0.1, -0.05) is 17.4 Å². The normalized spacial score (nSPS) is 18.9. The van der Waals surface area contributed by atoms with Crippen molar-refractivity contribution in [3.05, 3.63) is 32.6 Å². The van der Waals surface area contributed by atoms with Gasteiger partial charge in [0.2, 0.25) is 4.74 Å². The van der Waals surface area contributed by atoms with E-state index < -0.39 is 21.8 Å². The average molecular weight is 383 g/mol. The summed E-state index contributed by atoms with van der Waals surface area (Å²) >= 11 is 0.794. The third-order valence-electron chi connectivity index (χ3n) is 4.06. The van der Waals surface area contributed by atoms with Gasteiger partial charge in [0.15, 0.2) is 21.3 Å². The summed E-state index contributed by atoms with van der Waals surface area (Å²) in [6, 6.07) is 4.53. The molecule has 1 aliphatic rings. The average Bonchev–Trinajstić information content (AvgIpc) is 2.92. The van der Waals surface area contributed by atoms with Gasteiger partial charge in [-0.05, 0) is 23.9 Å².